The fraction of sp³-hybridized carbons (Fsp3) is 0.435. The molecule has 1 saturated heterocycles. The van der Waals surface area contributed by atoms with Crippen LogP contribution in [0.3, 0.4) is 0 Å². The summed E-state index contributed by atoms with van der Waals surface area (Å²) in [7, 11) is -3.54. The first-order valence-corrected chi connectivity index (χ1v) is 11.9. The second-order valence-corrected chi connectivity index (χ2v) is 9.44. The van der Waals surface area contributed by atoms with Crippen LogP contribution in [0, 0.1) is 0 Å². The second-order valence-electron chi connectivity index (χ2n) is 7.55. The maximum absolute atomic E-state index is 12.9. The smallest absolute Gasteiger partial charge is 0.251 e. The number of hydrogen-bond acceptors (Lipinski definition) is 4. The van der Waals surface area contributed by atoms with Gasteiger partial charge in [-0.1, -0.05) is 36.8 Å². The quantitative estimate of drug-likeness (QED) is 0.692. The molecule has 3 rings (SSSR count). The second kappa shape index (κ2) is 10.2. The van der Waals surface area contributed by atoms with E-state index in [-0.39, 0.29) is 22.9 Å². The lowest BCUT2D eigenvalue weighted by atomic mass is 10.1. The van der Waals surface area contributed by atoms with Crippen molar-refractivity contribution in [3.63, 3.8) is 0 Å². The molecule has 2 atom stereocenters. The number of piperidine rings is 1. The summed E-state index contributed by atoms with van der Waals surface area (Å²) in [6.07, 6.45) is 2.58. The Labute approximate surface area is 179 Å². The van der Waals surface area contributed by atoms with Gasteiger partial charge in [-0.05, 0) is 56.5 Å². The van der Waals surface area contributed by atoms with Crippen LogP contribution in [0.4, 0.5) is 0 Å². The molecule has 0 aromatic heterocycles. The molecule has 0 radical (unpaired) electrons. The number of nitrogens with zero attached hydrogens (tertiary/aromatic N) is 1. The Kier molecular flexibility index (Phi) is 7.64. The summed E-state index contributed by atoms with van der Waals surface area (Å²) in [5.41, 5.74) is 1.42. The van der Waals surface area contributed by atoms with E-state index in [0.717, 1.165) is 24.8 Å². The van der Waals surface area contributed by atoms with E-state index in [2.05, 4.69) is 5.32 Å². The Hall–Kier alpha value is -2.22. The van der Waals surface area contributed by atoms with Gasteiger partial charge in [0.05, 0.1) is 11.0 Å². The molecule has 2 aromatic carbocycles. The summed E-state index contributed by atoms with van der Waals surface area (Å²) < 4.78 is 33.2. The molecule has 0 saturated carbocycles. The fourth-order valence-electron chi connectivity index (χ4n) is 3.77. The molecule has 1 aliphatic heterocycles. The Morgan fingerprint density at radius 3 is 2.47 bits per heavy atom. The van der Waals surface area contributed by atoms with Gasteiger partial charge in [0.2, 0.25) is 10.0 Å². The van der Waals surface area contributed by atoms with Crippen molar-refractivity contribution >= 4 is 15.9 Å². The molecule has 0 bridgehead atoms. The van der Waals surface area contributed by atoms with E-state index >= 15 is 0 Å². The fourth-order valence-corrected chi connectivity index (χ4v) is 5.47. The molecular formula is C23H30N2O4S. The number of hydrogen-bond donors (Lipinski definition) is 1. The standard InChI is InChI=1S/C23H30N2O4S/c1-3-29-22(19-10-5-4-6-11-19)17-24-23(26)20-12-14-21(15-13-20)30(27,28)25-16-8-7-9-18(25)2/h4-6,10-15,18,22H,3,7-9,16-17H2,1-2H3,(H,24,26). The summed E-state index contributed by atoms with van der Waals surface area (Å²) in [6.45, 7) is 5.28. The van der Waals surface area contributed by atoms with E-state index in [1.54, 1.807) is 16.4 Å². The predicted molar refractivity (Wildman–Crippen MR) is 117 cm³/mol. The van der Waals surface area contributed by atoms with Crippen LogP contribution in [0.25, 0.3) is 0 Å². The topological polar surface area (TPSA) is 75.7 Å². The minimum Gasteiger partial charge on any atom is -0.372 e. The summed E-state index contributed by atoms with van der Waals surface area (Å²) in [5, 5.41) is 2.89. The molecule has 1 amide bonds. The Morgan fingerprint density at radius 2 is 1.83 bits per heavy atom. The Balaban J connectivity index is 1.66. The van der Waals surface area contributed by atoms with Crippen molar-refractivity contribution in [3.8, 4) is 0 Å². The molecule has 0 aliphatic carbocycles. The van der Waals surface area contributed by atoms with Crippen LogP contribution < -0.4 is 5.32 Å². The average Bonchev–Trinajstić information content (AvgIpc) is 2.77. The van der Waals surface area contributed by atoms with Gasteiger partial charge in [0, 0.05) is 31.3 Å². The van der Waals surface area contributed by atoms with Gasteiger partial charge >= 0.3 is 0 Å². The van der Waals surface area contributed by atoms with Crippen LogP contribution in [0.2, 0.25) is 0 Å². The van der Waals surface area contributed by atoms with Crippen molar-refractivity contribution in [3.05, 3.63) is 65.7 Å². The maximum atomic E-state index is 12.9. The summed E-state index contributed by atoms with van der Waals surface area (Å²) >= 11 is 0. The van der Waals surface area contributed by atoms with Crippen molar-refractivity contribution < 1.29 is 17.9 Å². The molecule has 162 valence electrons. The highest BCUT2D eigenvalue weighted by atomic mass is 32.2. The third-order valence-corrected chi connectivity index (χ3v) is 7.48. The van der Waals surface area contributed by atoms with Crippen molar-refractivity contribution in [2.75, 3.05) is 19.7 Å². The monoisotopic (exact) mass is 430 g/mol. The molecule has 1 N–H and O–H groups in total. The molecule has 0 spiro atoms. The van der Waals surface area contributed by atoms with Crippen LogP contribution in [0.5, 0.6) is 0 Å². The molecule has 1 aliphatic rings. The summed E-state index contributed by atoms with van der Waals surface area (Å²) in [6, 6.07) is 15.9. The van der Waals surface area contributed by atoms with Gasteiger partial charge in [0.15, 0.2) is 0 Å². The molecule has 7 heteroatoms. The van der Waals surface area contributed by atoms with Crippen molar-refractivity contribution in [1.82, 2.24) is 9.62 Å². The maximum Gasteiger partial charge on any atom is 0.251 e. The van der Waals surface area contributed by atoms with E-state index < -0.39 is 10.0 Å². The molecule has 2 unspecified atom stereocenters. The zero-order chi connectivity index (χ0) is 21.6. The first kappa shape index (κ1) is 22.5. The number of sulfonamides is 1. The minimum atomic E-state index is -3.54. The first-order chi connectivity index (χ1) is 14.4. The lowest BCUT2D eigenvalue weighted by Crippen LogP contribution is -2.41. The number of amides is 1. The van der Waals surface area contributed by atoms with Gasteiger partial charge in [-0.15, -0.1) is 0 Å². The van der Waals surface area contributed by atoms with Crippen LogP contribution >= 0.6 is 0 Å². The third-order valence-electron chi connectivity index (χ3n) is 5.45. The first-order valence-electron chi connectivity index (χ1n) is 10.5. The van der Waals surface area contributed by atoms with E-state index in [1.165, 1.54) is 12.1 Å². The van der Waals surface area contributed by atoms with E-state index in [9.17, 15) is 13.2 Å². The number of carbonyl (C=O) groups excluding carboxylic acids is 1. The normalized spacial score (nSPS) is 18.7. The largest absolute Gasteiger partial charge is 0.372 e. The number of benzene rings is 2. The third kappa shape index (κ3) is 5.28. The van der Waals surface area contributed by atoms with Gasteiger partial charge in [-0.25, -0.2) is 8.42 Å². The average molecular weight is 431 g/mol. The van der Waals surface area contributed by atoms with Crippen molar-refractivity contribution in [1.29, 1.82) is 0 Å². The van der Waals surface area contributed by atoms with Gasteiger partial charge in [0.25, 0.3) is 5.91 Å². The van der Waals surface area contributed by atoms with Crippen LogP contribution in [0.1, 0.15) is 55.1 Å². The molecule has 6 nitrogen and oxygen atoms in total. The number of ether oxygens (including phenoxy) is 1. The van der Waals surface area contributed by atoms with Crippen LogP contribution in [0.15, 0.2) is 59.5 Å². The summed E-state index contributed by atoms with van der Waals surface area (Å²) in [4.78, 5) is 12.8. The van der Waals surface area contributed by atoms with Gasteiger partial charge in [-0.2, -0.15) is 4.31 Å². The van der Waals surface area contributed by atoms with E-state index in [0.29, 0.717) is 25.3 Å². The van der Waals surface area contributed by atoms with Gasteiger partial charge < -0.3 is 10.1 Å². The van der Waals surface area contributed by atoms with E-state index in [1.807, 2.05) is 44.2 Å². The Morgan fingerprint density at radius 1 is 1.13 bits per heavy atom. The number of carbonyl (C=O) groups is 1. The van der Waals surface area contributed by atoms with Crippen LogP contribution in [-0.4, -0.2) is 44.4 Å². The minimum absolute atomic E-state index is 0.000195. The van der Waals surface area contributed by atoms with Crippen molar-refractivity contribution in [2.24, 2.45) is 0 Å². The Bertz CT molecular complexity index is 929. The van der Waals surface area contributed by atoms with Crippen LogP contribution in [-0.2, 0) is 14.8 Å². The zero-order valence-corrected chi connectivity index (χ0v) is 18.4. The number of nitrogens with one attached hydrogen (secondary N) is 1. The highest BCUT2D eigenvalue weighted by Crippen LogP contribution is 2.25. The van der Waals surface area contributed by atoms with Gasteiger partial charge in [0.1, 0.15) is 0 Å². The molecule has 1 fully saturated rings. The lowest BCUT2D eigenvalue weighted by Gasteiger charge is -2.32. The molecular weight excluding hydrogens is 400 g/mol. The highest BCUT2D eigenvalue weighted by Gasteiger charge is 2.30. The number of rotatable bonds is 8. The molecule has 30 heavy (non-hydrogen) atoms. The highest BCUT2D eigenvalue weighted by molar-refractivity contribution is 7.89. The zero-order valence-electron chi connectivity index (χ0n) is 17.6. The van der Waals surface area contributed by atoms with Gasteiger partial charge in [-0.3, -0.25) is 4.79 Å². The molecule has 1 heterocycles. The predicted octanol–water partition coefficient (Wildman–Crippen LogP) is 3.76. The SMILES string of the molecule is CCOC(CNC(=O)c1ccc(S(=O)(=O)N2CCCCC2C)cc1)c1ccccc1. The lowest BCUT2D eigenvalue weighted by molar-refractivity contribution is 0.0586. The van der Waals surface area contributed by atoms with E-state index in [4.69, 9.17) is 4.74 Å². The summed E-state index contributed by atoms with van der Waals surface area (Å²) in [5.74, 6) is -0.258. The molecule has 2 aromatic rings. The van der Waals surface area contributed by atoms with Crippen molar-refractivity contribution in [2.45, 2.75) is 50.2 Å².